The van der Waals surface area contributed by atoms with E-state index >= 15 is 0 Å². The van der Waals surface area contributed by atoms with Gasteiger partial charge in [-0.2, -0.15) is 13.2 Å². The van der Waals surface area contributed by atoms with Crippen LogP contribution in [0, 0.1) is 6.92 Å². The molecule has 0 fully saturated rings. The van der Waals surface area contributed by atoms with Crippen molar-refractivity contribution in [1.82, 2.24) is 9.97 Å². The van der Waals surface area contributed by atoms with Crippen molar-refractivity contribution < 1.29 is 13.2 Å². The zero-order valence-corrected chi connectivity index (χ0v) is 17.4. The molecule has 0 radical (unpaired) electrons. The number of benzene rings is 3. The smallest absolute Gasteiger partial charge is 0.361 e. The number of rotatable bonds is 3. The van der Waals surface area contributed by atoms with E-state index in [9.17, 15) is 13.2 Å². The van der Waals surface area contributed by atoms with Gasteiger partial charge in [-0.3, -0.25) is 0 Å². The van der Waals surface area contributed by atoms with Crippen LogP contribution in [0.25, 0.3) is 21.8 Å². The van der Waals surface area contributed by atoms with E-state index in [1.807, 2.05) is 48.8 Å². The van der Waals surface area contributed by atoms with Crippen molar-refractivity contribution in [2.45, 2.75) is 19.0 Å². The molecule has 0 aliphatic heterocycles. The number of fused-ring (bicyclic) bond motifs is 2. The predicted octanol–water partition coefficient (Wildman–Crippen LogP) is 7.58. The van der Waals surface area contributed by atoms with Crippen molar-refractivity contribution >= 4 is 34.2 Å². The van der Waals surface area contributed by atoms with Crippen molar-refractivity contribution in [2.24, 2.45) is 0 Å². The molecule has 3 aromatic carbocycles. The summed E-state index contributed by atoms with van der Waals surface area (Å²) in [7, 11) is 0. The summed E-state index contributed by atoms with van der Waals surface area (Å²) < 4.78 is 39.4. The Hall–Kier alpha value is -3.18. The summed E-state index contributed by atoms with van der Waals surface area (Å²) in [6.07, 6.45) is -0.419. The minimum atomic E-state index is -4.35. The summed E-state index contributed by atoms with van der Waals surface area (Å²) in [6, 6.07) is 19.6. The Balaban J connectivity index is 0.00000231. The van der Waals surface area contributed by atoms with E-state index in [0.29, 0.717) is 0 Å². The van der Waals surface area contributed by atoms with Crippen molar-refractivity contribution in [3.8, 4) is 0 Å². The standard InChI is InChI=1S/C25H19F3N2.ClH/c1-15-5-4-8-22-23(15)20(14-30-22)24(16-9-11-17(12-10-16)25(26,27)28)19-13-29-21-7-3-2-6-18(19)21;/h2-14,24,29-30H,1H3;1H. The fourth-order valence-electron chi connectivity index (χ4n) is 4.35. The van der Waals surface area contributed by atoms with Crippen molar-refractivity contribution in [2.75, 3.05) is 0 Å². The van der Waals surface area contributed by atoms with Crippen LogP contribution >= 0.6 is 12.4 Å². The van der Waals surface area contributed by atoms with Gasteiger partial charge in [0.2, 0.25) is 0 Å². The molecule has 0 aliphatic carbocycles. The van der Waals surface area contributed by atoms with Gasteiger partial charge in [0.15, 0.2) is 0 Å². The van der Waals surface area contributed by atoms with Crippen LogP contribution in [0.4, 0.5) is 13.2 Å². The summed E-state index contributed by atoms with van der Waals surface area (Å²) in [5.74, 6) is -0.210. The molecule has 0 bridgehead atoms. The molecule has 0 spiro atoms. The van der Waals surface area contributed by atoms with Crippen LogP contribution in [-0.4, -0.2) is 9.97 Å². The number of halogens is 4. The molecule has 5 aromatic rings. The number of hydrogen-bond acceptors (Lipinski definition) is 0. The van der Waals surface area contributed by atoms with Gasteiger partial charge in [0, 0.05) is 40.1 Å². The molecule has 2 heterocycles. The molecule has 31 heavy (non-hydrogen) atoms. The van der Waals surface area contributed by atoms with Gasteiger partial charge in [0.25, 0.3) is 0 Å². The summed E-state index contributed by atoms with van der Waals surface area (Å²) in [5, 5.41) is 2.16. The van der Waals surface area contributed by atoms with E-state index in [0.717, 1.165) is 44.1 Å². The average molecular weight is 441 g/mol. The summed E-state index contributed by atoms with van der Waals surface area (Å²) in [4.78, 5) is 6.64. The molecule has 2 aromatic heterocycles. The van der Waals surface area contributed by atoms with Crippen LogP contribution in [0.5, 0.6) is 0 Å². The van der Waals surface area contributed by atoms with Gasteiger partial charge in [0.05, 0.1) is 5.56 Å². The molecule has 5 rings (SSSR count). The molecule has 158 valence electrons. The topological polar surface area (TPSA) is 31.6 Å². The minimum absolute atomic E-state index is 0. The minimum Gasteiger partial charge on any atom is -0.361 e. The molecule has 2 N–H and O–H groups in total. The van der Waals surface area contributed by atoms with Crippen LogP contribution in [0.1, 0.15) is 33.7 Å². The Labute approximate surface area is 183 Å². The van der Waals surface area contributed by atoms with Gasteiger partial charge < -0.3 is 9.97 Å². The van der Waals surface area contributed by atoms with Crippen LogP contribution < -0.4 is 0 Å². The van der Waals surface area contributed by atoms with E-state index in [1.165, 1.54) is 12.1 Å². The maximum Gasteiger partial charge on any atom is 0.416 e. The Morgan fingerprint density at radius 1 is 0.742 bits per heavy atom. The van der Waals surface area contributed by atoms with Gasteiger partial charge >= 0.3 is 6.18 Å². The van der Waals surface area contributed by atoms with Gasteiger partial charge in [-0.1, -0.05) is 42.5 Å². The lowest BCUT2D eigenvalue weighted by Gasteiger charge is -2.19. The lowest BCUT2D eigenvalue weighted by molar-refractivity contribution is -0.137. The van der Waals surface area contributed by atoms with E-state index < -0.39 is 11.7 Å². The first-order valence-electron chi connectivity index (χ1n) is 9.73. The number of H-pyrrole nitrogens is 2. The summed E-state index contributed by atoms with van der Waals surface area (Å²) in [5.41, 5.74) is 5.40. The highest BCUT2D eigenvalue weighted by Crippen LogP contribution is 2.41. The molecule has 0 amide bonds. The Morgan fingerprint density at radius 3 is 2.13 bits per heavy atom. The van der Waals surface area contributed by atoms with E-state index in [4.69, 9.17) is 0 Å². The Bertz CT molecular complexity index is 1350. The van der Waals surface area contributed by atoms with Crippen LogP contribution in [0.3, 0.4) is 0 Å². The molecule has 0 saturated carbocycles. The second-order valence-corrected chi connectivity index (χ2v) is 7.58. The number of nitrogens with one attached hydrogen (secondary N) is 2. The molecule has 0 saturated heterocycles. The fraction of sp³-hybridized carbons (Fsp3) is 0.120. The first kappa shape index (κ1) is 21.1. The van der Waals surface area contributed by atoms with E-state index in [2.05, 4.69) is 23.0 Å². The molecule has 1 unspecified atom stereocenters. The van der Waals surface area contributed by atoms with E-state index in [1.54, 1.807) is 12.1 Å². The van der Waals surface area contributed by atoms with E-state index in [-0.39, 0.29) is 18.3 Å². The number of para-hydroxylation sites is 1. The number of alkyl halides is 3. The predicted molar refractivity (Wildman–Crippen MR) is 121 cm³/mol. The van der Waals surface area contributed by atoms with Crippen LogP contribution in [0.2, 0.25) is 0 Å². The van der Waals surface area contributed by atoms with Crippen LogP contribution in [0.15, 0.2) is 79.1 Å². The summed E-state index contributed by atoms with van der Waals surface area (Å²) in [6.45, 7) is 2.05. The third kappa shape index (κ3) is 3.59. The third-order valence-corrected chi connectivity index (χ3v) is 5.76. The molecule has 1 atom stereocenters. The maximum atomic E-state index is 13.1. The molecular formula is C25H20ClF3N2. The fourth-order valence-corrected chi connectivity index (χ4v) is 4.35. The molecule has 6 heteroatoms. The number of aryl methyl sites for hydroxylation is 1. The lowest BCUT2D eigenvalue weighted by atomic mass is 9.84. The third-order valence-electron chi connectivity index (χ3n) is 5.76. The van der Waals surface area contributed by atoms with Gasteiger partial charge in [0.1, 0.15) is 0 Å². The first-order valence-corrected chi connectivity index (χ1v) is 9.73. The SMILES string of the molecule is Cc1cccc2[nH]cc(C(c3ccc(C(F)(F)F)cc3)c3c[nH]c4ccccc34)c12.Cl. The normalized spacial score (nSPS) is 12.8. The lowest BCUT2D eigenvalue weighted by Crippen LogP contribution is -2.07. The quantitative estimate of drug-likeness (QED) is 0.290. The zero-order chi connectivity index (χ0) is 20.9. The monoisotopic (exact) mass is 440 g/mol. The average Bonchev–Trinajstić information content (AvgIpc) is 3.34. The highest BCUT2D eigenvalue weighted by atomic mass is 35.5. The second-order valence-electron chi connectivity index (χ2n) is 7.58. The van der Waals surface area contributed by atoms with Crippen molar-refractivity contribution in [3.05, 3.63) is 107 Å². The Kier molecular flexibility index (Phi) is 5.31. The zero-order valence-electron chi connectivity index (χ0n) is 16.6. The number of aromatic amines is 2. The molecule has 0 aliphatic rings. The van der Waals surface area contributed by atoms with Gasteiger partial charge in [-0.25, -0.2) is 0 Å². The largest absolute Gasteiger partial charge is 0.416 e. The van der Waals surface area contributed by atoms with Gasteiger partial charge in [-0.05, 0) is 53.4 Å². The van der Waals surface area contributed by atoms with Crippen molar-refractivity contribution in [1.29, 1.82) is 0 Å². The highest BCUT2D eigenvalue weighted by Gasteiger charge is 2.31. The second kappa shape index (κ2) is 7.82. The van der Waals surface area contributed by atoms with Crippen LogP contribution in [-0.2, 0) is 6.18 Å². The summed E-state index contributed by atoms with van der Waals surface area (Å²) >= 11 is 0. The molecule has 2 nitrogen and oxygen atoms in total. The van der Waals surface area contributed by atoms with Gasteiger partial charge in [-0.15, -0.1) is 12.4 Å². The molecular weight excluding hydrogens is 421 g/mol. The highest BCUT2D eigenvalue weighted by molar-refractivity contribution is 5.90. The number of aromatic nitrogens is 2. The first-order chi connectivity index (χ1) is 14.4. The maximum absolute atomic E-state index is 13.1. The Morgan fingerprint density at radius 2 is 1.39 bits per heavy atom. The van der Waals surface area contributed by atoms with Crippen molar-refractivity contribution in [3.63, 3.8) is 0 Å². The number of hydrogen-bond donors (Lipinski definition) is 2.